The predicted octanol–water partition coefficient (Wildman–Crippen LogP) is 1.17. The van der Waals surface area contributed by atoms with Crippen LogP contribution < -0.4 is 0 Å². The minimum atomic E-state index is -3.39. The van der Waals surface area contributed by atoms with Crippen LogP contribution in [0.15, 0.2) is 23.4 Å². The molecule has 16 heavy (non-hydrogen) atoms. The van der Waals surface area contributed by atoms with Gasteiger partial charge in [-0.15, -0.1) is 0 Å². The fraction of sp³-hybridized carbons (Fsp3) is 0.200. The van der Waals surface area contributed by atoms with Gasteiger partial charge < -0.3 is 4.98 Å². The quantitative estimate of drug-likeness (QED) is 0.796. The molecule has 1 heterocycles. The molecule has 1 aromatic carbocycles. The average Bonchev–Trinajstić information content (AvgIpc) is 2.61. The van der Waals surface area contributed by atoms with Crippen LogP contribution in [-0.2, 0) is 9.84 Å². The normalized spacial score (nSPS) is 11.9. The molecule has 0 saturated heterocycles. The zero-order chi connectivity index (χ0) is 11.9. The molecule has 5 nitrogen and oxygen atoms in total. The molecule has 6 heteroatoms. The highest BCUT2D eigenvalue weighted by Gasteiger charge is 2.16. The maximum atomic E-state index is 11.6. The first-order valence-electron chi connectivity index (χ1n) is 4.58. The molecule has 0 aliphatic carbocycles. The van der Waals surface area contributed by atoms with E-state index in [4.69, 9.17) is 0 Å². The second-order valence-electron chi connectivity index (χ2n) is 3.60. The van der Waals surface area contributed by atoms with E-state index in [9.17, 15) is 13.2 Å². The van der Waals surface area contributed by atoms with Gasteiger partial charge in [0.05, 0.1) is 16.7 Å². The number of rotatable bonds is 2. The van der Waals surface area contributed by atoms with Gasteiger partial charge in [0.25, 0.3) is 0 Å². The molecule has 0 amide bonds. The van der Waals surface area contributed by atoms with E-state index in [0.717, 1.165) is 6.26 Å². The molecule has 0 bridgehead atoms. The maximum absolute atomic E-state index is 11.6. The van der Waals surface area contributed by atoms with Crippen molar-refractivity contribution < 1.29 is 13.2 Å². The van der Waals surface area contributed by atoms with Gasteiger partial charge in [-0.2, -0.15) is 0 Å². The van der Waals surface area contributed by atoms with E-state index >= 15 is 0 Å². The standard InChI is InChI=1S/C10H10N2O3S/c1-6(13)7-3-8-10(12-5-11-8)9(4-7)16(2,14)15/h3-5H,1-2H3,(H,11,12). The Balaban J connectivity index is 2.89. The Morgan fingerprint density at radius 2 is 2.06 bits per heavy atom. The van der Waals surface area contributed by atoms with Crippen molar-refractivity contribution >= 4 is 26.7 Å². The SMILES string of the molecule is CC(=O)c1cc(S(C)(=O)=O)c2nc[nH]c2c1. The molecule has 0 saturated carbocycles. The second kappa shape index (κ2) is 3.41. The largest absolute Gasteiger partial charge is 0.345 e. The third kappa shape index (κ3) is 1.71. The van der Waals surface area contributed by atoms with Gasteiger partial charge in [0.15, 0.2) is 15.6 Å². The Labute approximate surface area is 92.4 Å². The third-order valence-electron chi connectivity index (χ3n) is 2.29. The van der Waals surface area contributed by atoms with Gasteiger partial charge in [-0.3, -0.25) is 4.79 Å². The highest BCUT2D eigenvalue weighted by molar-refractivity contribution is 7.91. The van der Waals surface area contributed by atoms with E-state index in [1.807, 2.05) is 0 Å². The zero-order valence-corrected chi connectivity index (χ0v) is 9.63. The monoisotopic (exact) mass is 238 g/mol. The van der Waals surface area contributed by atoms with Crippen molar-refractivity contribution in [2.45, 2.75) is 11.8 Å². The van der Waals surface area contributed by atoms with E-state index in [-0.39, 0.29) is 10.7 Å². The molecule has 0 atom stereocenters. The second-order valence-corrected chi connectivity index (χ2v) is 5.59. The van der Waals surface area contributed by atoms with Crippen molar-refractivity contribution in [1.29, 1.82) is 0 Å². The number of Topliss-reactive ketones (excluding diaryl/α,β-unsaturated/α-hetero) is 1. The molecule has 0 aliphatic heterocycles. The zero-order valence-electron chi connectivity index (χ0n) is 8.81. The lowest BCUT2D eigenvalue weighted by Crippen LogP contribution is -2.02. The maximum Gasteiger partial charge on any atom is 0.177 e. The minimum absolute atomic E-state index is 0.0800. The highest BCUT2D eigenvalue weighted by atomic mass is 32.2. The van der Waals surface area contributed by atoms with Crippen LogP contribution in [0.5, 0.6) is 0 Å². The number of hydrogen-bond donors (Lipinski definition) is 1. The van der Waals surface area contributed by atoms with Gasteiger partial charge >= 0.3 is 0 Å². The summed E-state index contributed by atoms with van der Waals surface area (Å²) in [5, 5.41) is 0. The predicted molar refractivity (Wildman–Crippen MR) is 59.2 cm³/mol. The summed E-state index contributed by atoms with van der Waals surface area (Å²) in [5.74, 6) is -0.179. The number of benzene rings is 1. The van der Waals surface area contributed by atoms with Crippen molar-refractivity contribution in [3.8, 4) is 0 Å². The van der Waals surface area contributed by atoms with E-state index in [2.05, 4.69) is 9.97 Å². The lowest BCUT2D eigenvalue weighted by Gasteiger charge is -2.02. The fourth-order valence-electron chi connectivity index (χ4n) is 1.50. The molecule has 1 N–H and O–H groups in total. The van der Waals surface area contributed by atoms with Crippen LogP contribution >= 0.6 is 0 Å². The van der Waals surface area contributed by atoms with Crippen molar-refractivity contribution in [2.24, 2.45) is 0 Å². The Kier molecular flexibility index (Phi) is 2.31. The lowest BCUT2D eigenvalue weighted by atomic mass is 10.1. The molecular formula is C10H10N2O3S. The lowest BCUT2D eigenvalue weighted by molar-refractivity contribution is 0.101. The number of ketones is 1. The molecule has 2 rings (SSSR count). The number of hydrogen-bond acceptors (Lipinski definition) is 4. The smallest absolute Gasteiger partial charge is 0.177 e. The molecule has 0 radical (unpaired) electrons. The molecule has 2 aromatic rings. The van der Waals surface area contributed by atoms with Crippen LogP contribution in [0.1, 0.15) is 17.3 Å². The van der Waals surface area contributed by atoms with Crippen LogP contribution in [0.3, 0.4) is 0 Å². The van der Waals surface area contributed by atoms with E-state index in [1.165, 1.54) is 19.3 Å². The Hall–Kier alpha value is -1.69. The van der Waals surface area contributed by atoms with Gasteiger partial charge in [-0.05, 0) is 19.1 Å². The number of carbonyl (C=O) groups is 1. The van der Waals surface area contributed by atoms with Crippen LogP contribution in [-0.4, -0.2) is 30.4 Å². The third-order valence-corrected chi connectivity index (χ3v) is 3.40. The molecule has 0 fully saturated rings. The average molecular weight is 238 g/mol. The number of carbonyl (C=O) groups excluding carboxylic acids is 1. The molecule has 0 unspecified atom stereocenters. The summed E-state index contributed by atoms with van der Waals surface area (Å²) in [5.41, 5.74) is 1.28. The number of imidazole rings is 1. The van der Waals surface area contributed by atoms with Crippen LogP contribution in [0, 0.1) is 0 Å². The number of nitrogens with zero attached hydrogens (tertiary/aromatic N) is 1. The van der Waals surface area contributed by atoms with E-state index in [0.29, 0.717) is 16.6 Å². The minimum Gasteiger partial charge on any atom is -0.345 e. The van der Waals surface area contributed by atoms with Gasteiger partial charge in [0.1, 0.15) is 5.52 Å². The van der Waals surface area contributed by atoms with E-state index < -0.39 is 9.84 Å². The summed E-state index contributed by atoms with van der Waals surface area (Å²) in [7, 11) is -3.39. The van der Waals surface area contributed by atoms with Crippen molar-refractivity contribution in [1.82, 2.24) is 9.97 Å². The highest BCUT2D eigenvalue weighted by Crippen LogP contribution is 2.22. The Morgan fingerprint density at radius 1 is 1.38 bits per heavy atom. The number of aromatic amines is 1. The summed E-state index contributed by atoms with van der Waals surface area (Å²) in [6, 6.07) is 2.96. The summed E-state index contributed by atoms with van der Waals surface area (Å²) in [6.45, 7) is 1.39. The van der Waals surface area contributed by atoms with Gasteiger partial charge in [0.2, 0.25) is 0 Å². The van der Waals surface area contributed by atoms with Crippen LogP contribution in [0.4, 0.5) is 0 Å². The molecule has 0 aliphatic rings. The van der Waals surface area contributed by atoms with E-state index in [1.54, 1.807) is 6.07 Å². The summed E-state index contributed by atoms with van der Waals surface area (Å²) < 4.78 is 23.1. The topological polar surface area (TPSA) is 79.9 Å². The number of fused-ring (bicyclic) bond motifs is 1. The first kappa shape index (κ1) is 10.8. The van der Waals surface area contributed by atoms with Gasteiger partial charge in [0, 0.05) is 11.8 Å². The summed E-state index contributed by atoms with van der Waals surface area (Å²) >= 11 is 0. The van der Waals surface area contributed by atoms with Crippen molar-refractivity contribution in [3.63, 3.8) is 0 Å². The van der Waals surface area contributed by atoms with Crippen molar-refractivity contribution in [2.75, 3.05) is 6.26 Å². The first-order chi connectivity index (χ1) is 7.39. The number of H-pyrrole nitrogens is 1. The molecular weight excluding hydrogens is 228 g/mol. The number of aromatic nitrogens is 2. The summed E-state index contributed by atoms with van der Waals surface area (Å²) in [6.07, 6.45) is 2.50. The molecule has 84 valence electrons. The number of nitrogens with one attached hydrogen (secondary N) is 1. The van der Waals surface area contributed by atoms with Crippen LogP contribution in [0.25, 0.3) is 11.0 Å². The number of sulfone groups is 1. The first-order valence-corrected chi connectivity index (χ1v) is 6.47. The Bertz CT molecular complexity index is 670. The fourth-order valence-corrected chi connectivity index (χ4v) is 2.36. The summed E-state index contributed by atoms with van der Waals surface area (Å²) in [4.78, 5) is 18.1. The van der Waals surface area contributed by atoms with Gasteiger partial charge in [-0.25, -0.2) is 13.4 Å². The van der Waals surface area contributed by atoms with Crippen molar-refractivity contribution in [3.05, 3.63) is 24.0 Å². The Morgan fingerprint density at radius 3 is 2.62 bits per heavy atom. The molecule has 0 spiro atoms. The molecule has 1 aromatic heterocycles. The van der Waals surface area contributed by atoms with Gasteiger partial charge in [-0.1, -0.05) is 0 Å². The van der Waals surface area contributed by atoms with Crippen LogP contribution in [0.2, 0.25) is 0 Å².